The molecule has 0 bridgehead atoms. The van der Waals surface area contributed by atoms with Crippen molar-refractivity contribution >= 4 is 34.7 Å². The number of esters is 1. The van der Waals surface area contributed by atoms with E-state index >= 15 is 0 Å². The topological polar surface area (TPSA) is 82.4 Å². The van der Waals surface area contributed by atoms with E-state index in [0.29, 0.717) is 47.1 Å². The van der Waals surface area contributed by atoms with Crippen LogP contribution in [0.3, 0.4) is 0 Å². The van der Waals surface area contributed by atoms with Crippen molar-refractivity contribution in [3.8, 4) is 0 Å². The SMILES string of the molecule is CCOCCNC(=O)CSc1nc2cc(C(=O)OCC)ccc2n1Cc1ccc(C(F)(F)F)cc1. The van der Waals surface area contributed by atoms with Gasteiger partial charge in [-0.25, -0.2) is 9.78 Å². The number of benzene rings is 2. The molecule has 0 aliphatic rings. The quantitative estimate of drug-likeness (QED) is 0.233. The number of carbonyl (C=O) groups is 2. The number of alkyl halides is 3. The van der Waals surface area contributed by atoms with Crippen LogP contribution >= 0.6 is 11.8 Å². The Hall–Kier alpha value is -3.05. The summed E-state index contributed by atoms with van der Waals surface area (Å²) in [6, 6.07) is 9.82. The normalized spacial score (nSPS) is 11.6. The van der Waals surface area contributed by atoms with E-state index in [1.54, 1.807) is 25.1 Å². The van der Waals surface area contributed by atoms with Crippen LogP contribution in [-0.4, -0.2) is 53.5 Å². The van der Waals surface area contributed by atoms with Crippen LogP contribution in [0.15, 0.2) is 47.6 Å². The van der Waals surface area contributed by atoms with E-state index in [1.807, 2.05) is 11.5 Å². The molecule has 1 amide bonds. The molecule has 0 aliphatic carbocycles. The Morgan fingerprint density at radius 3 is 2.49 bits per heavy atom. The van der Waals surface area contributed by atoms with Crippen molar-refractivity contribution in [2.75, 3.05) is 32.1 Å². The zero-order valence-electron chi connectivity index (χ0n) is 19.4. The Labute approximate surface area is 205 Å². The fourth-order valence-electron chi connectivity index (χ4n) is 3.28. The second-order valence-corrected chi connectivity index (χ2v) is 8.38. The lowest BCUT2D eigenvalue weighted by Gasteiger charge is -2.11. The van der Waals surface area contributed by atoms with Crippen molar-refractivity contribution in [3.63, 3.8) is 0 Å². The Morgan fingerprint density at radius 2 is 1.83 bits per heavy atom. The maximum atomic E-state index is 12.9. The molecule has 1 heterocycles. The predicted octanol–water partition coefficient (Wildman–Crippen LogP) is 4.52. The van der Waals surface area contributed by atoms with Crippen LogP contribution in [0.2, 0.25) is 0 Å². The van der Waals surface area contributed by atoms with Crippen LogP contribution in [0.25, 0.3) is 11.0 Å². The molecule has 0 atom stereocenters. The summed E-state index contributed by atoms with van der Waals surface area (Å²) in [6.45, 7) is 5.41. The predicted molar refractivity (Wildman–Crippen MR) is 126 cm³/mol. The second kappa shape index (κ2) is 12.1. The lowest BCUT2D eigenvalue weighted by atomic mass is 10.1. The van der Waals surface area contributed by atoms with Crippen LogP contribution in [0.1, 0.15) is 35.3 Å². The third-order valence-corrected chi connectivity index (χ3v) is 5.93. The molecule has 0 spiro atoms. The first-order valence-electron chi connectivity index (χ1n) is 11.0. The number of amides is 1. The van der Waals surface area contributed by atoms with E-state index in [4.69, 9.17) is 9.47 Å². The number of carbonyl (C=O) groups excluding carboxylic acids is 2. The summed E-state index contributed by atoms with van der Waals surface area (Å²) in [4.78, 5) is 28.9. The van der Waals surface area contributed by atoms with Crippen LogP contribution in [-0.2, 0) is 27.0 Å². The highest BCUT2D eigenvalue weighted by Gasteiger charge is 2.30. The van der Waals surface area contributed by atoms with Crippen LogP contribution in [0, 0.1) is 0 Å². The number of hydrogen-bond donors (Lipinski definition) is 1. The van der Waals surface area contributed by atoms with Gasteiger partial charge in [-0.2, -0.15) is 13.2 Å². The van der Waals surface area contributed by atoms with Crippen LogP contribution in [0.5, 0.6) is 0 Å². The number of hydrogen-bond acceptors (Lipinski definition) is 6. The largest absolute Gasteiger partial charge is 0.462 e. The molecule has 2 aromatic carbocycles. The minimum Gasteiger partial charge on any atom is -0.462 e. The monoisotopic (exact) mass is 509 g/mol. The molecule has 3 rings (SSSR count). The van der Waals surface area contributed by atoms with Gasteiger partial charge in [0.1, 0.15) is 0 Å². The lowest BCUT2D eigenvalue weighted by Crippen LogP contribution is -2.28. The van der Waals surface area contributed by atoms with Gasteiger partial charge >= 0.3 is 12.1 Å². The summed E-state index contributed by atoms with van der Waals surface area (Å²) in [5.74, 6) is -0.586. The maximum Gasteiger partial charge on any atom is 0.416 e. The van der Waals surface area contributed by atoms with Crippen molar-refractivity contribution in [1.29, 1.82) is 0 Å². The number of rotatable bonds is 11. The molecule has 1 N–H and O–H groups in total. The van der Waals surface area contributed by atoms with Gasteiger partial charge in [-0.1, -0.05) is 23.9 Å². The van der Waals surface area contributed by atoms with Gasteiger partial charge in [0, 0.05) is 13.2 Å². The highest BCUT2D eigenvalue weighted by molar-refractivity contribution is 7.99. The van der Waals surface area contributed by atoms with Crippen molar-refractivity contribution in [2.45, 2.75) is 31.7 Å². The zero-order chi connectivity index (χ0) is 25.4. The lowest BCUT2D eigenvalue weighted by molar-refractivity contribution is -0.137. The fraction of sp³-hybridized carbons (Fsp3) is 0.375. The number of imidazole rings is 1. The Bertz CT molecular complexity index is 1160. The summed E-state index contributed by atoms with van der Waals surface area (Å²) in [5, 5.41) is 3.26. The average molecular weight is 510 g/mol. The van der Waals surface area contributed by atoms with E-state index in [1.165, 1.54) is 23.9 Å². The molecular weight excluding hydrogens is 483 g/mol. The van der Waals surface area contributed by atoms with Gasteiger partial charge in [0.05, 0.1) is 47.7 Å². The molecule has 0 aliphatic heterocycles. The standard InChI is InChI=1S/C24H26F3N3O4S/c1-3-33-12-11-28-21(31)15-35-23-29-19-13-17(22(32)34-4-2)7-10-20(19)30(23)14-16-5-8-18(9-6-16)24(25,26)27/h5-10,13H,3-4,11-12,14-15H2,1-2H3,(H,28,31). The number of halogens is 3. The molecule has 11 heteroatoms. The van der Waals surface area contributed by atoms with E-state index in [0.717, 1.165) is 12.1 Å². The zero-order valence-corrected chi connectivity index (χ0v) is 20.2. The number of aromatic nitrogens is 2. The first-order valence-corrected chi connectivity index (χ1v) is 12.0. The van der Waals surface area contributed by atoms with Gasteiger partial charge in [0.15, 0.2) is 5.16 Å². The first kappa shape index (κ1) is 26.6. The molecule has 1 aromatic heterocycles. The minimum absolute atomic E-state index is 0.0905. The summed E-state index contributed by atoms with van der Waals surface area (Å²) >= 11 is 1.20. The number of nitrogens with one attached hydrogen (secondary N) is 1. The number of nitrogens with zero attached hydrogens (tertiary/aromatic N) is 2. The minimum atomic E-state index is -4.42. The third-order valence-electron chi connectivity index (χ3n) is 4.95. The molecule has 3 aromatic rings. The van der Waals surface area contributed by atoms with Gasteiger partial charge in [-0.3, -0.25) is 4.79 Å². The van der Waals surface area contributed by atoms with Crippen molar-refractivity contribution in [2.24, 2.45) is 0 Å². The molecule has 35 heavy (non-hydrogen) atoms. The first-order chi connectivity index (χ1) is 16.7. The van der Waals surface area contributed by atoms with Crippen molar-refractivity contribution in [3.05, 3.63) is 59.2 Å². The van der Waals surface area contributed by atoms with E-state index < -0.39 is 17.7 Å². The van der Waals surface area contributed by atoms with Gasteiger partial charge < -0.3 is 19.4 Å². The van der Waals surface area contributed by atoms with Crippen molar-refractivity contribution < 1.29 is 32.2 Å². The molecule has 0 saturated heterocycles. The Kier molecular flexibility index (Phi) is 9.16. The Morgan fingerprint density at radius 1 is 1.09 bits per heavy atom. The molecule has 7 nitrogen and oxygen atoms in total. The maximum absolute atomic E-state index is 12.9. The number of ether oxygens (including phenoxy) is 2. The molecule has 0 saturated carbocycles. The summed E-state index contributed by atoms with van der Waals surface area (Å²) < 4.78 is 50.9. The van der Waals surface area contributed by atoms with Gasteiger partial charge in [0.25, 0.3) is 0 Å². The average Bonchev–Trinajstić information content (AvgIpc) is 3.17. The summed E-state index contributed by atoms with van der Waals surface area (Å²) in [5.41, 5.74) is 1.44. The van der Waals surface area contributed by atoms with Gasteiger partial charge in [-0.05, 0) is 49.7 Å². The van der Waals surface area contributed by atoms with E-state index in [9.17, 15) is 22.8 Å². The van der Waals surface area contributed by atoms with Gasteiger partial charge in [-0.15, -0.1) is 0 Å². The number of fused-ring (bicyclic) bond motifs is 1. The highest BCUT2D eigenvalue weighted by Crippen LogP contribution is 2.30. The Balaban J connectivity index is 1.86. The molecule has 0 unspecified atom stereocenters. The van der Waals surface area contributed by atoms with E-state index in [2.05, 4.69) is 10.3 Å². The molecular formula is C24H26F3N3O4S. The molecule has 188 valence electrons. The number of thioether (sulfide) groups is 1. The third kappa shape index (κ3) is 7.22. The van der Waals surface area contributed by atoms with Gasteiger partial charge in [0.2, 0.25) is 5.91 Å². The fourth-order valence-corrected chi connectivity index (χ4v) is 4.13. The van der Waals surface area contributed by atoms with E-state index in [-0.39, 0.29) is 24.8 Å². The van der Waals surface area contributed by atoms with Crippen molar-refractivity contribution in [1.82, 2.24) is 14.9 Å². The van der Waals surface area contributed by atoms with Crippen LogP contribution < -0.4 is 5.32 Å². The highest BCUT2D eigenvalue weighted by atomic mass is 32.2. The molecule has 0 radical (unpaired) electrons. The summed E-state index contributed by atoms with van der Waals surface area (Å²) in [6.07, 6.45) is -4.42. The van der Waals surface area contributed by atoms with Crippen LogP contribution in [0.4, 0.5) is 13.2 Å². The molecule has 0 fully saturated rings. The smallest absolute Gasteiger partial charge is 0.416 e. The summed E-state index contributed by atoms with van der Waals surface area (Å²) in [7, 11) is 0. The second-order valence-electron chi connectivity index (χ2n) is 7.43.